The largest absolute Gasteiger partial charge is 0.494 e. The average molecular weight is 395 g/mol. The van der Waals surface area contributed by atoms with Crippen LogP contribution in [0.2, 0.25) is 5.02 Å². The fourth-order valence-corrected chi connectivity index (χ4v) is 4.55. The first-order valence-corrected chi connectivity index (χ1v) is 10.5. The molecule has 2 aromatic carbocycles. The Morgan fingerprint density at radius 1 is 0.962 bits per heavy atom. The molecule has 0 radical (unpaired) electrons. The normalized spacial score (nSPS) is 16.5. The smallest absolute Gasteiger partial charge is 0.243 e. The number of rotatable bonds is 6. The zero-order chi connectivity index (χ0) is 18.6. The molecule has 0 saturated carbocycles. The Bertz CT molecular complexity index is 815. The van der Waals surface area contributed by atoms with E-state index >= 15 is 0 Å². The predicted octanol–water partition coefficient (Wildman–Crippen LogP) is 3.25. The molecule has 2 aromatic rings. The summed E-state index contributed by atoms with van der Waals surface area (Å²) >= 11 is 5.91. The molecular weight excluding hydrogens is 372 g/mol. The summed E-state index contributed by atoms with van der Waals surface area (Å²) in [5.74, 6) is 0.680. The minimum atomic E-state index is -3.46. The van der Waals surface area contributed by atoms with Gasteiger partial charge in [0, 0.05) is 37.7 Å². The lowest BCUT2D eigenvalue weighted by Crippen LogP contribution is -2.48. The van der Waals surface area contributed by atoms with E-state index in [2.05, 4.69) is 4.90 Å². The molecule has 0 spiro atoms. The summed E-state index contributed by atoms with van der Waals surface area (Å²) in [4.78, 5) is 2.57. The summed E-state index contributed by atoms with van der Waals surface area (Å²) in [7, 11) is -3.46. The highest BCUT2D eigenvalue weighted by Gasteiger charge is 2.28. The van der Waals surface area contributed by atoms with Gasteiger partial charge in [0.2, 0.25) is 10.0 Å². The van der Waals surface area contributed by atoms with Crippen LogP contribution in [0.4, 0.5) is 0 Å². The van der Waals surface area contributed by atoms with Crippen molar-refractivity contribution in [2.24, 2.45) is 0 Å². The molecule has 0 N–H and O–H groups in total. The molecule has 0 amide bonds. The zero-order valence-corrected chi connectivity index (χ0v) is 16.3. The van der Waals surface area contributed by atoms with E-state index in [4.69, 9.17) is 16.3 Å². The second kappa shape index (κ2) is 8.39. The van der Waals surface area contributed by atoms with Crippen molar-refractivity contribution in [2.45, 2.75) is 18.4 Å². The van der Waals surface area contributed by atoms with Crippen LogP contribution in [0.5, 0.6) is 5.75 Å². The van der Waals surface area contributed by atoms with Crippen molar-refractivity contribution < 1.29 is 13.2 Å². The molecule has 26 heavy (non-hydrogen) atoms. The van der Waals surface area contributed by atoms with Crippen LogP contribution in [0.25, 0.3) is 0 Å². The molecule has 1 saturated heterocycles. The van der Waals surface area contributed by atoms with E-state index in [1.165, 1.54) is 5.56 Å². The first-order chi connectivity index (χ1) is 12.5. The second-order valence-corrected chi connectivity index (χ2v) is 8.59. The summed E-state index contributed by atoms with van der Waals surface area (Å²) in [6.45, 7) is 5.65. The maximum absolute atomic E-state index is 12.8. The third-order valence-corrected chi connectivity index (χ3v) is 6.59. The van der Waals surface area contributed by atoms with Gasteiger partial charge in [0.1, 0.15) is 5.75 Å². The van der Waals surface area contributed by atoms with Gasteiger partial charge in [-0.1, -0.05) is 23.7 Å². The van der Waals surface area contributed by atoms with Gasteiger partial charge in [-0.2, -0.15) is 4.31 Å². The Kier molecular flexibility index (Phi) is 6.19. The highest BCUT2D eigenvalue weighted by molar-refractivity contribution is 7.89. The molecule has 0 aromatic heterocycles. The van der Waals surface area contributed by atoms with Gasteiger partial charge < -0.3 is 4.74 Å². The van der Waals surface area contributed by atoms with Crippen LogP contribution >= 0.6 is 11.6 Å². The van der Waals surface area contributed by atoms with Gasteiger partial charge in [0.05, 0.1) is 11.5 Å². The van der Waals surface area contributed by atoms with Crippen LogP contribution in [0.3, 0.4) is 0 Å². The monoisotopic (exact) mass is 394 g/mol. The van der Waals surface area contributed by atoms with Crippen molar-refractivity contribution in [3.05, 3.63) is 59.1 Å². The van der Waals surface area contributed by atoms with Crippen molar-refractivity contribution >= 4 is 21.6 Å². The average Bonchev–Trinajstić information content (AvgIpc) is 2.65. The maximum Gasteiger partial charge on any atom is 0.243 e. The van der Waals surface area contributed by atoms with E-state index in [9.17, 15) is 8.42 Å². The van der Waals surface area contributed by atoms with Gasteiger partial charge in [-0.25, -0.2) is 8.42 Å². The Balaban J connectivity index is 1.60. The molecule has 5 nitrogen and oxygen atoms in total. The van der Waals surface area contributed by atoms with Crippen LogP contribution in [-0.4, -0.2) is 50.4 Å². The molecule has 0 aliphatic carbocycles. The summed E-state index contributed by atoms with van der Waals surface area (Å²) < 4.78 is 32.6. The summed E-state index contributed by atoms with van der Waals surface area (Å²) in [5, 5.41) is 0.722. The standard InChI is InChI=1S/C19H23ClN2O3S/c1-2-25-18-7-9-19(10-8-18)26(23,24)22-13-11-21(12-14-22)15-16-3-5-17(20)6-4-16/h3-10H,2,11-15H2,1H3. The molecule has 7 heteroatoms. The van der Waals surface area contributed by atoms with Crippen molar-refractivity contribution in [2.75, 3.05) is 32.8 Å². The van der Waals surface area contributed by atoms with Gasteiger partial charge in [-0.05, 0) is 48.9 Å². The van der Waals surface area contributed by atoms with E-state index in [1.54, 1.807) is 28.6 Å². The molecule has 140 valence electrons. The fourth-order valence-electron chi connectivity index (χ4n) is 3.00. The van der Waals surface area contributed by atoms with Gasteiger partial charge in [-0.3, -0.25) is 4.90 Å². The molecule has 3 rings (SSSR count). The van der Waals surface area contributed by atoms with Crippen molar-refractivity contribution in [3.8, 4) is 5.75 Å². The summed E-state index contributed by atoms with van der Waals surface area (Å²) in [5.41, 5.74) is 1.18. The van der Waals surface area contributed by atoms with Crippen molar-refractivity contribution in [3.63, 3.8) is 0 Å². The number of nitrogens with zero attached hydrogens (tertiary/aromatic N) is 2. The van der Waals surface area contributed by atoms with Gasteiger partial charge in [0.15, 0.2) is 0 Å². The third kappa shape index (κ3) is 4.57. The number of hydrogen-bond donors (Lipinski definition) is 0. The van der Waals surface area contributed by atoms with Gasteiger partial charge in [0.25, 0.3) is 0 Å². The highest BCUT2D eigenvalue weighted by atomic mass is 35.5. The van der Waals surface area contributed by atoms with Crippen LogP contribution in [0.15, 0.2) is 53.4 Å². The topological polar surface area (TPSA) is 49.9 Å². The molecule has 0 bridgehead atoms. The third-order valence-electron chi connectivity index (χ3n) is 4.42. The highest BCUT2D eigenvalue weighted by Crippen LogP contribution is 2.21. The lowest BCUT2D eigenvalue weighted by atomic mass is 10.2. The van der Waals surface area contributed by atoms with E-state index < -0.39 is 10.0 Å². The Morgan fingerprint density at radius 2 is 1.58 bits per heavy atom. The number of piperazine rings is 1. The van der Waals surface area contributed by atoms with Crippen molar-refractivity contribution in [1.29, 1.82) is 0 Å². The fraction of sp³-hybridized carbons (Fsp3) is 0.368. The van der Waals surface area contributed by atoms with Crippen molar-refractivity contribution in [1.82, 2.24) is 9.21 Å². The molecule has 0 unspecified atom stereocenters. The second-order valence-electron chi connectivity index (χ2n) is 6.21. The number of benzene rings is 2. The van der Waals surface area contributed by atoms with Crippen LogP contribution in [0, 0.1) is 0 Å². The SMILES string of the molecule is CCOc1ccc(S(=O)(=O)N2CCN(Cc3ccc(Cl)cc3)CC2)cc1. The van der Waals surface area contributed by atoms with E-state index in [1.807, 2.05) is 31.2 Å². The quantitative estimate of drug-likeness (QED) is 0.754. The first-order valence-electron chi connectivity index (χ1n) is 8.69. The molecule has 1 aliphatic rings. The molecule has 1 aliphatic heterocycles. The van der Waals surface area contributed by atoms with Crippen LogP contribution in [0.1, 0.15) is 12.5 Å². The van der Waals surface area contributed by atoms with E-state index in [0.29, 0.717) is 43.4 Å². The zero-order valence-electron chi connectivity index (χ0n) is 14.8. The minimum absolute atomic E-state index is 0.312. The lowest BCUT2D eigenvalue weighted by molar-refractivity contribution is 0.181. The molecule has 1 heterocycles. The number of halogens is 1. The summed E-state index contributed by atoms with van der Waals surface area (Å²) in [6.07, 6.45) is 0. The molecule has 0 atom stereocenters. The number of ether oxygens (including phenoxy) is 1. The minimum Gasteiger partial charge on any atom is -0.494 e. The van der Waals surface area contributed by atoms with Crippen LogP contribution in [-0.2, 0) is 16.6 Å². The molecular formula is C19H23ClN2O3S. The van der Waals surface area contributed by atoms with Crippen LogP contribution < -0.4 is 4.74 Å². The molecule has 1 fully saturated rings. The lowest BCUT2D eigenvalue weighted by Gasteiger charge is -2.34. The van der Waals surface area contributed by atoms with E-state index in [-0.39, 0.29) is 0 Å². The predicted molar refractivity (Wildman–Crippen MR) is 103 cm³/mol. The number of sulfonamides is 1. The Morgan fingerprint density at radius 3 is 2.15 bits per heavy atom. The first kappa shape index (κ1) is 19.2. The maximum atomic E-state index is 12.8. The number of hydrogen-bond acceptors (Lipinski definition) is 4. The van der Waals surface area contributed by atoms with Gasteiger partial charge in [-0.15, -0.1) is 0 Å². The Labute approximate surface area is 160 Å². The summed E-state index contributed by atoms with van der Waals surface area (Å²) in [6, 6.07) is 14.4. The van der Waals surface area contributed by atoms with Gasteiger partial charge >= 0.3 is 0 Å². The Hall–Kier alpha value is -1.60. The van der Waals surface area contributed by atoms with E-state index in [0.717, 1.165) is 11.6 Å².